The maximum absolute atomic E-state index is 5.33. The molecule has 0 aromatic rings. The number of ether oxygens (including phenoxy) is 1. The summed E-state index contributed by atoms with van der Waals surface area (Å²) >= 11 is 0. The van der Waals surface area contributed by atoms with Crippen LogP contribution in [0.2, 0.25) is 0 Å². The second-order valence-corrected chi connectivity index (χ2v) is 2.82. The van der Waals surface area contributed by atoms with Gasteiger partial charge in [0.25, 0.3) is 0 Å². The first-order valence-corrected chi connectivity index (χ1v) is 4.01. The van der Waals surface area contributed by atoms with Gasteiger partial charge in [0.05, 0.1) is 0 Å². The van der Waals surface area contributed by atoms with E-state index in [1.54, 1.807) is 0 Å². The van der Waals surface area contributed by atoms with Crippen LogP contribution in [0.3, 0.4) is 0 Å². The van der Waals surface area contributed by atoms with Gasteiger partial charge in [-0.05, 0) is 25.2 Å². The van der Waals surface area contributed by atoms with Gasteiger partial charge in [0, 0.05) is 13.2 Å². The predicted molar refractivity (Wildman–Crippen MR) is 38.5 cm³/mol. The average molecular weight is 128 g/mol. The summed E-state index contributed by atoms with van der Waals surface area (Å²) in [5.74, 6) is 0.951. The van der Waals surface area contributed by atoms with E-state index in [9.17, 15) is 0 Å². The fourth-order valence-corrected chi connectivity index (χ4v) is 1.38. The Labute approximate surface area is 57.4 Å². The Morgan fingerprint density at radius 1 is 1.33 bits per heavy atom. The van der Waals surface area contributed by atoms with Crippen molar-refractivity contribution in [1.29, 1.82) is 0 Å². The third kappa shape index (κ3) is 2.35. The molecule has 1 unspecified atom stereocenters. The first-order valence-electron chi connectivity index (χ1n) is 4.01. The van der Waals surface area contributed by atoms with Crippen LogP contribution in [-0.4, -0.2) is 13.2 Å². The lowest BCUT2D eigenvalue weighted by atomic mass is 9.98. The summed E-state index contributed by atoms with van der Waals surface area (Å²) in [6.07, 6.45) is 5.29. The van der Waals surface area contributed by atoms with E-state index in [2.05, 4.69) is 6.92 Å². The number of hydrogen-bond acceptors (Lipinski definition) is 1. The maximum atomic E-state index is 5.33. The highest BCUT2D eigenvalue weighted by molar-refractivity contribution is 4.59. The Bertz CT molecular complexity index is 63.0. The molecule has 1 fully saturated rings. The van der Waals surface area contributed by atoms with Gasteiger partial charge >= 0.3 is 0 Å². The summed E-state index contributed by atoms with van der Waals surface area (Å²) in [7, 11) is 0. The van der Waals surface area contributed by atoms with Crippen molar-refractivity contribution in [3.63, 3.8) is 0 Å². The highest BCUT2D eigenvalue weighted by Gasteiger charge is 2.08. The largest absolute Gasteiger partial charge is 0.381 e. The second kappa shape index (κ2) is 3.89. The van der Waals surface area contributed by atoms with Crippen molar-refractivity contribution in [1.82, 2.24) is 0 Å². The smallest absolute Gasteiger partial charge is 0.0468 e. The molecule has 0 aromatic carbocycles. The lowest BCUT2D eigenvalue weighted by Crippen LogP contribution is -1.97. The van der Waals surface area contributed by atoms with Crippen LogP contribution in [0, 0.1) is 5.92 Å². The van der Waals surface area contributed by atoms with E-state index < -0.39 is 0 Å². The third-order valence-electron chi connectivity index (χ3n) is 2.15. The molecule has 1 nitrogen and oxygen atoms in total. The summed E-state index contributed by atoms with van der Waals surface area (Å²) in [5.41, 5.74) is 0. The standard InChI is InChI=1S/C8H16O/c1-2-8-4-3-6-9-7-5-8/h8H,2-7H2,1H3. The van der Waals surface area contributed by atoms with Gasteiger partial charge in [0.1, 0.15) is 0 Å². The summed E-state index contributed by atoms with van der Waals surface area (Å²) < 4.78 is 5.33. The Hall–Kier alpha value is -0.0400. The lowest BCUT2D eigenvalue weighted by Gasteiger charge is -2.07. The Morgan fingerprint density at radius 2 is 2.22 bits per heavy atom. The van der Waals surface area contributed by atoms with Gasteiger partial charge in [-0.3, -0.25) is 0 Å². The van der Waals surface area contributed by atoms with Crippen molar-refractivity contribution in [2.24, 2.45) is 5.92 Å². The molecule has 1 heterocycles. The summed E-state index contributed by atoms with van der Waals surface area (Å²) in [6.45, 7) is 4.27. The molecule has 0 aromatic heterocycles. The summed E-state index contributed by atoms with van der Waals surface area (Å²) in [4.78, 5) is 0. The van der Waals surface area contributed by atoms with Crippen molar-refractivity contribution in [2.75, 3.05) is 13.2 Å². The molecule has 0 spiro atoms. The van der Waals surface area contributed by atoms with Crippen LogP contribution < -0.4 is 0 Å². The molecule has 0 saturated carbocycles. The van der Waals surface area contributed by atoms with Gasteiger partial charge in [-0.2, -0.15) is 0 Å². The SMILES string of the molecule is CCC1CCCOCC1. The minimum absolute atomic E-state index is 0.951. The van der Waals surface area contributed by atoms with E-state index >= 15 is 0 Å². The molecule has 0 amide bonds. The van der Waals surface area contributed by atoms with E-state index in [0.717, 1.165) is 19.1 Å². The van der Waals surface area contributed by atoms with Gasteiger partial charge in [-0.15, -0.1) is 0 Å². The van der Waals surface area contributed by atoms with Gasteiger partial charge in [-0.25, -0.2) is 0 Å². The molecule has 1 heteroatoms. The molecular weight excluding hydrogens is 112 g/mol. The highest BCUT2D eigenvalue weighted by atomic mass is 16.5. The Balaban J connectivity index is 2.18. The van der Waals surface area contributed by atoms with Crippen LogP contribution in [0.25, 0.3) is 0 Å². The van der Waals surface area contributed by atoms with Crippen LogP contribution >= 0.6 is 0 Å². The zero-order valence-electron chi connectivity index (χ0n) is 6.23. The van der Waals surface area contributed by atoms with E-state index in [1.807, 2.05) is 0 Å². The van der Waals surface area contributed by atoms with Gasteiger partial charge in [-0.1, -0.05) is 13.3 Å². The Morgan fingerprint density at radius 3 is 3.00 bits per heavy atom. The minimum Gasteiger partial charge on any atom is -0.381 e. The van der Waals surface area contributed by atoms with E-state index in [-0.39, 0.29) is 0 Å². The molecular formula is C8H16O. The third-order valence-corrected chi connectivity index (χ3v) is 2.15. The van der Waals surface area contributed by atoms with Crippen LogP contribution in [0.4, 0.5) is 0 Å². The lowest BCUT2D eigenvalue weighted by molar-refractivity contribution is 0.141. The molecule has 9 heavy (non-hydrogen) atoms. The fourth-order valence-electron chi connectivity index (χ4n) is 1.38. The molecule has 1 aliphatic rings. The quantitative estimate of drug-likeness (QED) is 0.526. The average Bonchev–Trinajstić information content (AvgIpc) is 2.13. The van der Waals surface area contributed by atoms with Crippen molar-refractivity contribution in [3.05, 3.63) is 0 Å². The first kappa shape index (κ1) is 7.07. The van der Waals surface area contributed by atoms with Gasteiger partial charge in [0.2, 0.25) is 0 Å². The van der Waals surface area contributed by atoms with Crippen LogP contribution in [-0.2, 0) is 4.74 Å². The summed E-state index contributed by atoms with van der Waals surface area (Å²) in [6, 6.07) is 0. The minimum atomic E-state index is 0.951. The van der Waals surface area contributed by atoms with Crippen molar-refractivity contribution in [2.45, 2.75) is 32.6 Å². The number of rotatable bonds is 1. The zero-order chi connectivity index (χ0) is 6.53. The molecule has 0 aliphatic carbocycles. The number of hydrogen-bond donors (Lipinski definition) is 0. The maximum Gasteiger partial charge on any atom is 0.0468 e. The topological polar surface area (TPSA) is 9.23 Å². The molecule has 1 rings (SSSR count). The molecule has 0 N–H and O–H groups in total. The zero-order valence-corrected chi connectivity index (χ0v) is 6.23. The molecule has 54 valence electrons. The predicted octanol–water partition coefficient (Wildman–Crippen LogP) is 2.21. The molecule has 1 atom stereocenters. The van der Waals surface area contributed by atoms with Crippen molar-refractivity contribution >= 4 is 0 Å². The van der Waals surface area contributed by atoms with Crippen molar-refractivity contribution in [3.8, 4) is 0 Å². The van der Waals surface area contributed by atoms with Crippen LogP contribution in [0.5, 0.6) is 0 Å². The van der Waals surface area contributed by atoms with E-state index in [1.165, 1.54) is 25.7 Å². The first-order chi connectivity index (χ1) is 4.43. The summed E-state index contributed by atoms with van der Waals surface area (Å²) in [5, 5.41) is 0. The monoisotopic (exact) mass is 128 g/mol. The highest BCUT2D eigenvalue weighted by Crippen LogP contribution is 2.17. The molecule has 0 radical (unpaired) electrons. The van der Waals surface area contributed by atoms with Gasteiger partial charge < -0.3 is 4.74 Å². The van der Waals surface area contributed by atoms with E-state index in [4.69, 9.17) is 4.74 Å². The van der Waals surface area contributed by atoms with Crippen molar-refractivity contribution < 1.29 is 4.74 Å². The fraction of sp³-hybridized carbons (Fsp3) is 1.00. The van der Waals surface area contributed by atoms with Crippen LogP contribution in [0.1, 0.15) is 32.6 Å². The molecule has 1 aliphatic heterocycles. The normalized spacial score (nSPS) is 29.7. The van der Waals surface area contributed by atoms with Gasteiger partial charge in [0.15, 0.2) is 0 Å². The van der Waals surface area contributed by atoms with Crippen LogP contribution in [0.15, 0.2) is 0 Å². The van der Waals surface area contributed by atoms with E-state index in [0.29, 0.717) is 0 Å². The molecule has 0 bridgehead atoms. The molecule has 1 saturated heterocycles. The second-order valence-electron chi connectivity index (χ2n) is 2.82. The Kier molecular flexibility index (Phi) is 3.05.